The third kappa shape index (κ3) is 3.35. The zero-order chi connectivity index (χ0) is 24.1. The standard InChI is InChI=1S/C35H25N/c1-24-8-7-9-28(22-24)25-14-16-26(17-15-25)29-19-18-27-20-21-34-35(32(27)23-29)31-12-5-6-13-33(31)36(34)30-10-3-2-4-11-30/h2-7,9-14,16,18-24H,8H2,1H3. The SMILES string of the molecule is CC1C=C(C2=C=C=C(c3ccc4ccc5c(c4c3)c3ccccc3n5-c3ccccc3)C=C2)C=CC1. The molecule has 0 bridgehead atoms. The first-order chi connectivity index (χ1) is 17.8. The van der Waals surface area contributed by atoms with Crippen LogP contribution in [0.5, 0.6) is 0 Å². The lowest BCUT2D eigenvalue weighted by Crippen LogP contribution is -1.96. The zero-order valence-electron chi connectivity index (χ0n) is 20.2. The van der Waals surface area contributed by atoms with Gasteiger partial charge in [-0.1, -0.05) is 91.2 Å². The summed E-state index contributed by atoms with van der Waals surface area (Å²) in [7, 11) is 0. The number of hydrogen-bond acceptors (Lipinski definition) is 0. The van der Waals surface area contributed by atoms with Gasteiger partial charge in [-0.15, -0.1) is 0 Å². The normalized spacial score (nSPS) is 17.0. The molecule has 0 radical (unpaired) electrons. The summed E-state index contributed by atoms with van der Waals surface area (Å²) in [5.74, 6) is 0.569. The van der Waals surface area contributed by atoms with Gasteiger partial charge in [0.2, 0.25) is 0 Å². The molecular formula is C35H25N. The second kappa shape index (κ2) is 8.29. The van der Waals surface area contributed by atoms with E-state index in [0.29, 0.717) is 5.92 Å². The van der Waals surface area contributed by atoms with Crippen LogP contribution in [0.1, 0.15) is 18.9 Å². The number of benzene rings is 4. The average Bonchev–Trinajstić information content (AvgIpc) is 3.28. The van der Waals surface area contributed by atoms with Crippen molar-refractivity contribution in [3.63, 3.8) is 0 Å². The molecule has 0 saturated carbocycles. The highest BCUT2D eigenvalue weighted by Crippen LogP contribution is 2.38. The van der Waals surface area contributed by atoms with Crippen LogP contribution in [0.15, 0.2) is 138 Å². The zero-order valence-corrected chi connectivity index (χ0v) is 20.2. The highest BCUT2D eigenvalue weighted by molar-refractivity contribution is 6.21. The van der Waals surface area contributed by atoms with Gasteiger partial charge >= 0.3 is 0 Å². The Morgan fingerprint density at radius 1 is 0.722 bits per heavy atom. The molecule has 0 N–H and O–H groups in total. The van der Waals surface area contributed by atoms with Gasteiger partial charge in [0, 0.05) is 27.6 Å². The monoisotopic (exact) mass is 459 g/mol. The van der Waals surface area contributed by atoms with Crippen LogP contribution >= 0.6 is 0 Å². The molecule has 7 rings (SSSR count). The van der Waals surface area contributed by atoms with E-state index in [1.165, 1.54) is 43.8 Å². The molecule has 1 heteroatoms. The van der Waals surface area contributed by atoms with E-state index in [-0.39, 0.29) is 0 Å². The van der Waals surface area contributed by atoms with Gasteiger partial charge in [-0.2, -0.15) is 0 Å². The Morgan fingerprint density at radius 2 is 1.50 bits per heavy atom. The summed E-state index contributed by atoms with van der Waals surface area (Å²) >= 11 is 0. The Balaban J connectivity index is 1.46. The molecule has 0 saturated heterocycles. The second-order valence-corrected chi connectivity index (χ2v) is 9.73. The lowest BCUT2D eigenvalue weighted by Gasteiger charge is -2.13. The van der Waals surface area contributed by atoms with Crippen molar-refractivity contribution in [2.75, 3.05) is 0 Å². The van der Waals surface area contributed by atoms with E-state index in [4.69, 9.17) is 0 Å². The van der Waals surface area contributed by atoms with Crippen LogP contribution in [0, 0.1) is 5.92 Å². The fourth-order valence-corrected chi connectivity index (χ4v) is 5.55. The molecule has 2 aliphatic carbocycles. The lowest BCUT2D eigenvalue weighted by atomic mass is 9.91. The van der Waals surface area contributed by atoms with Crippen molar-refractivity contribution in [3.05, 3.63) is 143 Å². The van der Waals surface area contributed by atoms with Gasteiger partial charge in [0.05, 0.1) is 11.0 Å². The van der Waals surface area contributed by atoms with Crippen molar-refractivity contribution >= 4 is 38.2 Å². The quantitative estimate of drug-likeness (QED) is 0.237. The molecule has 1 heterocycles. The minimum atomic E-state index is 0.569. The van der Waals surface area contributed by atoms with Crippen molar-refractivity contribution in [3.8, 4) is 5.69 Å². The Bertz CT molecular complexity index is 1880. The number of aromatic nitrogens is 1. The van der Waals surface area contributed by atoms with Crippen LogP contribution in [-0.4, -0.2) is 4.57 Å². The van der Waals surface area contributed by atoms with Crippen LogP contribution in [0.2, 0.25) is 0 Å². The highest BCUT2D eigenvalue weighted by atomic mass is 15.0. The third-order valence-corrected chi connectivity index (χ3v) is 7.31. The van der Waals surface area contributed by atoms with Gasteiger partial charge in [0.25, 0.3) is 0 Å². The van der Waals surface area contributed by atoms with Crippen molar-refractivity contribution in [1.82, 2.24) is 4.57 Å². The van der Waals surface area contributed by atoms with Crippen LogP contribution < -0.4 is 0 Å². The largest absolute Gasteiger partial charge is 0.309 e. The van der Waals surface area contributed by atoms with Crippen LogP contribution in [0.4, 0.5) is 0 Å². The third-order valence-electron chi connectivity index (χ3n) is 7.31. The first-order valence-corrected chi connectivity index (χ1v) is 12.6. The maximum atomic E-state index is 3.44. The number of allylic oxidation sites excluding steroid dienone is 8. The van der Waals surface area contributed by atoms with E-state index in [1.54, 1.807) is 0 Å². The average molecular weight is 460 g/mol. The highest BCUT2D eigenvalue weighted by Gasteiger charge is 2.15. The lowest BCUT2D eigenvalue weighted by molar-refractivity contribution is 0.731. The van der Waals surface area contributed by atoms with Crippen molar-refractivity contribution in [1.29, 1.82) is 0 Å². The molecule has 170 valence electrons. The molecule has 4 aromatic carbocycles. The van der Waals surface area contributed by atoms with Gasteiger partial charge in [0.1, 0.15) is 0 Å². The summed E-state index contributed by atoms with van der Waals surface area (Å²) in [5, 5.41) is 5.07. The van der Waals surface area contributed by atoms with Crippen LogP contribution in [0.25, 0.3) is 43.8 Å². The van der Waals surface area contributed by atoms with Gasteiger partial charge < -0.3 is 4.57 Å². The summed E-state index contributed by atoms with van der Waals surface area (Å²) in [5.41, 5.74) is 15.1. The van der Waals surface area contributed by atoms with E-state index >= 15 is 0 Å². The summed E-state index contributed by atoms with van der Waals surface area (Å²) in [4.78, 5) is 0. The van der Waals surface area contributed by atoms with Gasteiger partial charge in [-0.25, -0.2) is 0 Å². The number of rotatable bonds is 3. The number of para-hydroxylation sites is 2. The first-order valence-electron chi connectivity index (χ1n) is 12.6. The van der Waals surface area contributed by atoms with Gasteiger partial charge in [-0.3, -0.25) is 0 Å². The molecule has 0 amide bonds. The predicted molar refractivity (Wildman–Crippen MR) is 152 cm³/mol. The molecule has 0 aliphatic heterocycles. The van der Waals surface area contributed by atoms with E-state index in [0.717, 1.165) is 23.1 Å². The Hall–Kier alpha value is -4.54. The van der Waals surface area contributed by atoms with E-state index in [1.807, 2.05) is 0 Å². The predicted octanol–water partition coefficient (Wildman–Crippen LogP) is 9.09. The fourth-order valence-electron chi connectivity index (χ4n) is 5.55. The summed E-state index contributed by atoms with van der Waals surface area (Å²) < 4.78 is 2.37. The maximum Gasteiger partial charge on any atom is 0.0547 e. The molecule has 0 spiro atoms. The summed E-state index contributed by atoms with van der Waals surface area (Å²) in [6, 6.07) is 30.6. The number of hydrogen-bond donors (Lipinski definition) is 0. The summed E-state index contributed by atoms with van der Waals surface area (Å²) in [6.07, 6.45) is 12.2. The van der Waals surface area contributed by atoms with Crippen molar-refractivity contribution in [2.24, 2.45) is 5.92 Å². The smallest absolute Gasteiger partial charge is 0.0547 e. The molecule has 1 nitrogen and oxygen atoms in total. The van der Waals surface area contributed by atoms with E-state index in [2.05, 4.69) is 138 Å². The molecule has 1 unspecified atom stereocenters. The van der Waals surface area contributed by atoms with Gasteiger partial charge in [0.15, 0.2) is 0 Å². The molecule has 5 aromatic rings. The molecular weight excluding hydrogens is 434 g/mol. The Kier molecular flexibility index (Phi) is 4.79. The first kappa shape index (κ1) is 20.8. The fraction of sp³-hybridized carbons (Fsp3) is 0.0857. The molecule has 2 aliphatic rings. The molecule has 0 fully saturated rings. The van der Waals surface area contributed by atoms with E-state index in [9.17, 15) is 0 Å². The number of fused-ring (bicyclic) bond motifs is 5. The topological polar surface area (TPSA) is 4.93 Å². The Labute approximate surface area is 211 Å². The Morgan fingerprint density at radius 3 is 2.33 bits per heavy atom. The van der Waals surface area contributed by atoms with Crippen LogP contribution in [-0.2, 0) is 0 Å². The number of nitrogens with zero attached hydrogens (tertiary/aromatic N) is 1. The second-order valence-electron chi connectivity index (χ2n) is 9.73. The molecule has 1 atom stereocenters. The van der Waals surface area contributed by atoms with Crippen molar-refractivity contribution < 1.29 is 0 Å². The maximum absolute atomic E-state index is 3.44. The van der Waals surface area contributed by atoms with Gasteiger partial charge in [-0.05, 0) is 76.7 Å². The molecule has 1 aromatic heterocycles. The van der Waals surface area contributed by atoms with Crippen molar-refractivity contribution in [2.45, 2.75) is 13.3 Å². The molecule has 36 heavy (non-hydrogen) atoms. The minimum Gasteiger partial charge on any atom is -0.309 e. The minimum absolute atomic E-state index is 0.569. The van der Waals surface area contributed by atoms with Crippen LogP contribution in [0.3, 0.4) is 0 Å². The summed E-state index contributed by atoms with van der Waals surface area (Å²) in [6.45, 7) is 2.26. The van der Waals surface area contributed by atoms with E-state index < -0.39 is 0 Å².